The number of rotatable bonds is 5. The van der Waals surface area contributed by atoms with E-state index in [0.717, 1.165) is 5.75 Å². The van der Waals surface area contributed by atoms with E-state index in [1.54, 1.807) is 8.95 Å². The van der Waals surface area contributed by atoms with Crippen LogP contribution in [0.5, 0.6) is 0 Å². The molecule has 0 heterocycles. The van der Waals surface area contributed by atoms with Crippen LogP contribution in [0.1, 0.15) is 19.8 Å². The molecule has 0 amide bonds. The van der Waals surface area contributed by atoms with Crippen molar-refractivity contribution in [3.63, 3.8) is 0 Å². The van der Waals surface area contributed by atoms with Crippen LogP contribution in [0, 0.1) is 0 Å². The zero-order valence-electron chi connectivity index (χ0n) is 5.39. The molecule has 0 aliphatic carbocycles. The van der Waals surface area contributed by atoms with Crippen LogP contribution < -0.4 is 0 Å². The molecule has 2 radical (unpaired) electrons. The quantitative estimate of drug-likeness (QED) is 0.599. The van der Waals surface area contributed by atoms with E-state index in [-0.39, 0.29) is 0 Å². The third-order valence-corrected chi connectivity index (χ3v) is 6.05. The summed E-state index contributed by atoms with van der Waals surface area (Å²) >= 11 is -1.09. The molecule has 0 aromatic heterocycles. The SMILES string of the molecule is CCCC[S][Sn][C](=O)O. The molecule has 0 aromatic rings. The Labute approximate surface area is 68.1 Å². The van der Waals surface area contributed by atoms with Gasteiger partial charge in [0, 0.05) is 0 Å². The summed E-state index contributed by atoms with van der Waals surface area (Å²) in [7, 11) is 1.66. The van der Waals surface area contributed by atoms with E-state index < -0.39 is 23.7 Å². The molecule has 0 bridgehead atoms. The number of hydrogen-bond acceptors (Lipinski definition) is 2. The topological polar surface area (TPSA) is 37.3 Å². The molecule has 52 valence electrons. The molecule has 0 aliphatic rings. The molecule has 4 heteroatoms. The predicted octanol–water partition coefficient (Wildman–Crippen LogP) is 1.82. The second-order valence-electron chi connectivity index (χ2n) is 1.61. The van der Waals surface area contributed by atoms with Crippen LogP contribution >= 0.6 is 8.95 Å². The van der Waals surface area contributed by atoms with Crippen molar-refractivity contribution in [3.8, 4) is 0 Å². The van der Waals surface area contributed by atoms with E-state index in [1.807, 2.05) is 0 Å². The van der Waals surface area contributed by atoms with Gasteiger partial charge in [0.25, 0.3) is 0 Å². The van der Waals surface area contributed by atoms with E-state index in [2.05, 4.69) is 6.92 Å². The van der Waals surface area contributed by atoms with Gasteiger partial charge < -0.3 is 0 Å². The molecule has 2 nitrogen and oxygen atoms in total. The van der Waals surface area contributed by atoms with Gasteiger partial charge in [-0.05, 0) is 0 Å². The van der Waals surface area contributed by atoms with E-state index in [4.69, 9.17) is 5.11 Å². The van der Waals surface area contributed by atoms with Crippen LogP contribution in [0.4, 0.5) is 4.79 Å². The Morgan fingerprint density at radius 2 is 2.44 bits per heavy atom. The van der Waals surface area contributed by atoms with Gasteiger partial charge in [0.05, 0.1) is 0 Å². The van der Waals surface area contributed by atoms with Crippen LogP contribution in [-0.4, -0.2) is 34.6 Å². The Balaban J connectivity index is 2.83. The minimum atomic E-state index is -1.09. The molecular formula is C5H10O2SSn. The average molecular weight is 253 g/mol. The third kappa shape index (κ3) is 8.62. The van der Waals surface area contributed by atoms with Crippen LogP contribution in [0.25, 0.3) is 0 Å². The number of carboxylic acid groups (broad SMARTS) is 1. The molecular weight excluding hydrogens is 243 g/mol. The molecule has 9 heavy (non-hydrogen) atoms. The fourth-order valence-electron chi connectivity index (χ4n) is 0.329. The zero-order chi connectivity index (χ0) is 7.11. The summed E-state index contributed by atoms with van der Waals surface area (Å²) in [5.41, 5.74) is 0. The van der Waals surface area contributed by atoms with Gasteiger partial charge in [0.1, 0.15) is 0 Å². The van der Waals surface area contributed by atoms with Crippen LogP contribution in [0.15, 0.2) is 0 Å². The van der Waals surface area contributed by atoms with Crippen molar-refractivity contribution >= 4 is 32.7 Å². The van der Waals surface area contributed by atoms with E-state index in [9.17, 15) is 4.79 Å². The first-order valence-electron chi connectivity index (χ1n) is 2.88. The van der Waals surface area contributed by atoms with Crippen molar-refractivity contribution in [1.29, 1.82) is 0 Å². The van der Waals surface area contributed by atoms with E-state index >= 15 is 0 Å². The summed E-state index contributed by atoms with van der Waals surface area (Å²) in [6.07, 6.45) is 2.34. The van der Waals surface area contributed by atoms with Gasteiger partial charge in [0.15, 0.2) is 0 Å². The number of unbranched alkanes of at least 4 members (excludes halogenated alkanes) is 1. The van der Waals surface area contributed by atoms with Crippen LogP contribution in [-0.2, 0) is 0 Å². The molecule has 1 N–H and O–H groups in total. The molecule has 0 atom stereocenters. The molecule has 0 unspecified atom stereocenters. The van der Waals surface area contributed by atoms with Crippen molar-refractivity contribution < 1.29 is 9.90 Å². The van der Waals surface area contributed by atoms with Gasteiger partial charge in [-0.3, -0.25) is 0 Å². The van der Waals surface area contributed by atoms with Gasteiger partial charge in [-0.25, -0.2) is 0 Å². The summed E-state index contributed by atoms with van der Waals surface area (Å²) in [6, 6.07) is 0. The first-order chi connectivity index (χ1) is 4.27. The number of carbonyl (C=O) groups is 1. The molecule has 0 aliphatic heterocycles. The van der Waals surface area contributed by atoms with Crippen molar-refractivity contribution in [2.45, 2.75) is 19.8 Å². The van der Waals surface area contributed by atoms with Crippen molar-refractivity contribution in [1.82, 2.24) is 0 Å². The summed E-state index contributed by atoms with van der Waals surface area (Å²) in [6.45, 7) is 2.12. The zero-order valence-corrected chi connectivity index (χ0v) is 9.06. The van der Waals surface area contributed by atoms with Crippen molar-refractivity contribution in [2.75, 3.05) is 5.75 Å². The summed E-state index contributed by atoms with van der Waals surface area (Å²) < 4.78 is -0.542. The van der Waals surface area contributed by atoms with Gasteiger partial charge in [-0.2, -0.15) is 0 Å². The Hall–Kier alpha value is 0.619. The Morgan fingerprint density at radius 3 is 2.89 bits per heavy atom. The van der Waals surface area contributed by atoms with E-state index in [0.29, 0.717) is 0 Å². The third-order valence-electron chi connectivity index (χ3n) is 0.759. The number of hydrogen-bond donors (Lipinski definition) is 1. The molecule has 0 spiro atoms. The second-order valence-corrected chi connectivity index (χ2v) is 7.95. The molecule has 0 aromatic carbocycles. The Kier molecular flexibility index (Phi) is 7.20. The maximum absolute atomic E-state index is 10.0. The van der Waals surface area contributed by atoms with Gasteiger partial charge >= 0.3 is 68.1 Å². The molecule has 0 saturated heterocycles. The fraction of sp³-hybridized carbons (Fsp3) is 0.800. The normalized spacial score (nSPS) is 9.44. The molecule has 0 rings (SSSR count). The van der Waals surface area contributed by atoms with Gasteiger partial charge in [-0.1, -0.05) is 0 Å². The standard InChI is InChI=1S/C4H10S.CHO2.Sn/c1-2-3-4-5;2-1-3;/h5H,2-4H2,1H3;(H,2,3);/q;;+1/p-1. The predicted molar refractivity (Wildman–Crippen MR) is 41.1 cm³/mol. The summed E-state index contributed by atoms with van der Waals surface area (Å²) in [5, 5.41) is 8.27. The van der Waals surface area contributed by atoms with Gasteiger partial charge in [0.2, 0.25) is 0 Å². The summed E-state index contributed by atoms with van der Waals surface area (Å²) in [5.74, 6) is 1.05. The average Bonchev–Trinajstić information content (AvgIpc) is 1.80. The van der Waals surface area contributed by atoms with Crippen LogP contribution in [0.2, 0.25) is 0 Å². The molecule has 0 saturated carbocycles. The fourth-order valence-corrected chi connectivity index (χ4v) is 4.15. The maximum atomic E-state index is 10.0. The second kappa shape index (κ2) is 6.73. The minimum absolute atomic E-state index is 0.542. The monoisotopic (exact) mass is 254 g/mol. The van der Waals surface area contributed by atoms with E-state index in [1.165, 1.54) is 12.8 Å². The van der Waals surface area contributed by atoms with Crippen molar-refractivity contribution in [3.05, 3.63) is 0 Å². The Morgan fingerprint density at radius 1 is 1.78 bits per heavy atom. The van der Waals surface area contributed by atoms with Crippen LogP contribution in [0.3, 0.4) is 0 Å². The molecule has 0 fully saturated rings. The van der Waals surface area contributed by atoms with Crippen molar-refractivity contribution in [2.24, 2.45) is 0 Å². The first kappa shape index (κ1) is 9.62. The first-order valence-corrected chi connectivity index (χ1v) is 8.79. The Bertz CT molecular complexity index is 87.0. The van der Waals surface area contributed by atoms with Gasteiger partial charge in [-0.15, -0.1) is 0 Å². The summed E-state index contributed by atoms with van der Waals surface area (Å²) in [4.78, 5) is 10.0.